The summed E-state index contributed by atoms with van der Waals surface area (Å²) in [6.45, 7) is 29.2. The number of hydrogen-bond donors (Lipinski definition) is 0. The van der Waals surface area contributed by atoms with Crippen molar-refractivity contribution in [1.82, 2.24) is 9.55 Å². The molecule has 7 aromatic carbocycles. The van der Waals surface area contributed by atoms with E-state index in [0.29, 0.717) is 11.5 Å². The van der Waals surface area contributed by atoms with Gasteiger partial charge in [0, 0.05) is 66.9 Å². The number of nitrogens with zero attached hydrogens (tertiary/aromatic N) is 4. The fourth-order valence-electron chi connectivity index (χ4n) is 9.59. The molecule has 0 bridgehead atoms. The van der Waals surface area contributed by atoms with Gasteiger partial charge in [-0.2, -0.15) is 6.07 Å². The fraction of sp³-hybridized carbons (Fsp3) is 0.250. The van der Waals surface area contributed by atoms with Gasteiger partial charge in [0.1, 0.15) is 11.6 Å². The zero-order valence-electron chi connectivity index (χ0n) is 42.9. The van der Waals surface area contributed by atoms with E-state index in [1.165, 1.54) is 34.4 Å². The molecule has 3 heterocycles. The molecule has 0 atom stereocenters. The minimum atomic E-state index is -0.263. The third-order valence-corrected chi connectivity index (χ3v) is 13.6. The molecule has 1 aliphatic rings. The van der Waals surface area contributed by atoms with Gasteiger partial charge >= 0.3 is 0 Å². The number of fused-ring (bicyclic) bond motifs is 4. The molecule has 0 amide bonds. The van der Waals surface area contributed by atoms with Crippen LogP contribution in [0.15, 0.2) is 152 Å². The van der Waals surface area contributed by atoms with Crippen LogP contribution in [0.25, 0.3) is 49.9 Å². The molecule has 9 aromatic rings. The minimum absolute atomic E-state index is 0. The number of para-hydroxylation sites is 4. The Morgan fingerprint density at radius 1 is 0.521 bits per heavy atom. The summed E-state index contributed by atoms with van der Waals surface area (Å²) in [7, 11) is 0. The van der Waals surface area contributed by atoms with Crippen LogP contribution in [0.3, 0.4) is 0 Å². The van der Waals surface area contributed by atoms with E-state index < -0.39 is 0 Å². The number of hydrogen-bond acceptors (Lipinski definition) is 4. The van der Waals surface area contributed by atoms with Gasteiger partial charge in [-0.15, -0.1) is 53.6 Å². The molecular weight excluding hydrogens is 1050 g/mol. The predicted octanol–water partition coefficient (Wildman–Crippen LogP) is 17.6. The van der Waals surface area contributed by atoms with Crippen LogP contribution in [0.4, 0.5) is 27.1 Å². The maximum Gasteiger partial charge on any atom is 0.135 e. The Morgan fingerprint density at radius 2 is 1.15 bits per heavy atom. The van der Waals surface area contributed by atoms with Gasteiger partial charge in [0.05, 0.1) is 0 Å². The first-order valence-corrected chi connectivity index (χ1v) is 24.4. The summed E-state index contributed by atoms with van der Waals surface area (Å²) in [4.78, 5) is 9.42. The second-order valence-electron chi connectivity index (χ2n) is 22.9. The van der Waals surface area contributed by atoms with Crippen molar-refractivity contribution in [3.05, 3.63) is 199 Å². The van der Waals surface area contributed by atoms with Crippen LogP contribution >= 0.6 is 0 Å². The van der Waals surface area contributed by atoms with Crippen LogP contribution in [0.2, 0.25) is 0 Å². The van der Waals surface area contributed by atoms with Gasteiger partial charge in [0.2, 0.25) is 0 Å². The van der Waals surface area contributed by atoms with Gasteiger partial charge in [0.15, 0.2) is 0 Å². The Morgan fingerprint density at radius 3 is 1.82 bits per heavy atom. The van der Waals surface area contributed by atoms with Crippen molar-refractivity contribution < 1.29 is 30.2 Å². The van der Waals surface area contributed by atoms with Crippen molar-refractivity contribution >= 4 is 44.6 Å². The van der Waals surface area contributed by atoms with E-state index in [-0.39, 0.29) is 48.5 Å². The largest absolute Gasteiger partial charge is 0.509 e. The molecule has 0 radical (unpaired) electrons. The van der Waals surface area contributed by atoms with Gasteiger partial charge in [-0.25, -0.2) is 9.37 Å². The SMILES string of the molecule is CC(C)(C)c1cc(-c2cc(Oc3[c-]c4c(cc3)c3ccccc3n4-c3cc(C(C)(C)C)ccn3)[c-]c(N3[CH-]N(c4c(-c5ccc(F)cc5)cccc4C(C)(C)C)c4ccccc43)c2)cc(C(C)(C)C)c1.[Pt]. The quantitative estimate of drug-likeness (QED) is 0.149. The molecular formula is C64H62FN4OPt-3. The topological polar surface area (TPSA) is 33.5 Å². The van der Waals surface area contributed by atoms with E-state index in [0.717, 1.165) is 72.6 Å². The summed E-state index contributed by atoms with van der Waals surface area (Å²) in [5.41, 5.74) is 14.3. The van der Waals surface area contributed by atoms with Gasteiger partial charge in [-0.05, 0) is 103 Å². The van der Waals surface area contributed by atoms with Crippen LogP contribution in [0, 0.1) is 24.6 Å². The monoisotopic (exact) mass is 1120 g/mol. The molecule has 364 valence electrons. The van der Waals surface area contributed by atoms with Crippen LogP contribution in [-0.4, -0.2) is 9.55 Å². The number of halogens is 1. The molecule has 0 aliphatic carbocycles. The second kappa shape index (κ2) is 18.3. The molecule has 7 heteroatoms. The van der Waals surface area contributed by atoms with Crippen LogP contribution in [-0.2, 0) is 42.7 Å². The van der Waals surface area contributed by atoms with Gasteiger partial charge in [-0.3, -0.25) is 0 Å². The third-order valence-electron chi connectivity index (χ3n) is 13.6. The molecule has 71 heavy (non-hydrogen) atoms. The van der Waals surface area contributed by atoms with E-state index in [2.05, 4.69) is 232 Å². The molecule has 1 aliphatic heterocycles. The summed E-state index contributed by atoms with van der Waals surface area (Å²) in [6.07, 6.45) is 1.90. The van der Waals surface area contributed by atoms with Gasteiger partial charge in [0.25, 0.3) is 0 Å². The Bertz CT molecular complexity index is 3420. The maximum atomic E-state index is 14.4. The van der Waals surface area contributed by atoms with Crippen molar-refractivity contribution in [3.8, 4) is 39.6 Å². The Hall–Kier alpha value is -6.49. The number of pyridine rings is 1. The Labute approximate surface area is 434 Å². The number of benzene rings is 7. The Kier molecular flexibility index (Phi) is 12.7. The number of aromatic nitrogens is 2. The molecule has 2 aromatic heterocycles. The first-order valence-electron chi connectivity index (χ1n) is 24.4. The summed E-state index contributed by atoms with van der Waals surface area (Å²) >= 11 is 0. The fourth-order valence-corrected chi connectivity index (χ4v) is 9.59. The Balaban J connectivity index is 0.00000624. The molecule has 0 N–H and O–H groups in total. The molecule has 0 saturated heterocycles. The standard InChI is InChI=1S/C64H62FN4O.Pt/c1-61(2,3)44-30-31-66-59(37-44)69-55-21-14-13-18-52(55)53-29-28-49(39-58(53)69)70-50-35-43(42-32-45(62(4,5)6)36-46(33-42)63(7,8)9)34-48(38-50)67-40-68(57-23-16-15-22-56(57)67)60-51(41-24-26-47(65)27-25-41)19-17-20-54(60)64(10,11)12;/h13-37,40H,1-12H3;/q-3;. The predicted molar refractivity (Wildman–Crippen MR) is 290 cm³/mol. The zero-order chi connectivity index (χ0) is 49.5. The van der Waals surface area contributed by atoms with E-state index in [4.69, 9.17) is 9.72 Å². The number of anilines is 4. The van der Waals surface area contributed by atoms with Crippen molar-refractivity contribution in [3.63, 3.8) is 0 Å². The summed E-state index contributed by atoms with van der Waals surface area (Å²) in [5, 5.41) is 2.19. The number of rotatable bonds is 7. The molecule has 0 saturated carbocycles. The second-order valence-corrected chi connectivity index (χ2v) is 22.9. The van der Waals surface area contributed by atoms with E-state index in [9.17, 15) is 4.39 Å². The normalized spacial score (nSPS) is 13.2. The van der Waals surface area contributed by atoms with Gasteiger partial charge < -0.3 is 19.1 Å². The minimum Gasteiger partial charge on any atom is -0.509 e. The molecule has 0 spiro atoms. The average Bonchev–Trinajstić information content (AvgIpc) is 3.86. The van der Waals surface area contributed by atoms with E-state index in [1.54, 1.807) is 0 Å². The van der Waals surface area contributed by atoms with E-state index >= 15 is 0 Å². The molecule has 0 unspecified atom stereocenters. The van der Waals surface area contributed by atoms with Gasteiger partial charge in [-0.1, -0.05) is 167 Å². The summed E-state index contributed by atoms with van der Waals surface area (Å²) in [6, 6.07) is 57.5. The van der Waals surface area contributed by atoms with Crippen LogP contribution in [0.5, 0.6) is 11.5 Å². The molecule has 10 rings (SSSR count). The van der Waals surface area contributed by atoms with Crippen LogP contribution < -0.4 is 14.5 Å². The summed E-state index contributed by atoms with van der Waals surface area (Å²) in [5.74, 6) is 1.70. The maximum absolute atomic E-state index is 14.4. The zero-order valence-corrected chi connectivity index (χ0v) is 45.2. The third kappa shape index (κ3) is 9.56. The molecule has 5 nitrogen and oxygen atoms in total. The first-order chi connectivity index (χ1) is 33.1. The van der Waals surface area contributed by atoms with Crippen molar-refractivity contribution in [2.45, 2.75) is 105 Å². The summed E-state index contributed by atoms with van der Waals surface area (Å²) < 4.78 is 23.6. The molecule has 0 fully saturated rings. The number of ether oxygens (including phenoxy) is 1. The average molecular weight is 1120 g/mol. The first kappa shape index (κ1) is 49.5. The smallest absolute Gasteiger partial charge is 0.135 e. The van der Waals surface area contributed by atoms with Crippen molar-refractivity contribution in [2.24, 2.45) is 0 Å². The van der Waals surface area contributed by atoms with Crippen LogP contribution in [0.1, 0.15) is 105 Å². The van der Waals surface area contributed by atoms with Crippen molar-refractivity contribution in [1.29, 1.82) is 0 Å². The van der Waals surface area contributed by atoms with E-state index in [1.807, 2.05) is 24.4 Å². The van der Waals surface area contributed by atoms with Crippen molar-refractivity contribution in [2.75, 3.05) is 9.80 Å².